The van der Waals surface area contributed by atoms with Gasteiger partial charge in [-0.2, -0.15) is 0 Å². The number of hydrogen-bond donors (Lipinski definition) is 3. The zero-order valence-corrected chi connectivity index (χ0v) is 17.6. The molecule has 1 saturated carbocycles. The van der Waals surface area contributed by atoms with E-state index in [0.717, 1.165) is 44.9 Å². The quantitative estimate of drug-likeness (QED) is 0.315. The molecule has 6 heteroatoms. The molecule has 1 rings (SSSR count). The monoisotopic (exact) mass is 367 g/mol. The minimum atomic E-state index is 0.0277. The zero-order chi connectivity index (χ0) is 19.4. The molecule has 0 heterocycles. The van der Waals surface area contributed by atoms with Crippen LogP contribution in [0.3, 0.4) is 0 Å². The highest BCUT2D eigenvalue weighted by atomic mass is 16.1. The second kappa shape index (κ2) is 13.0. The van der Waals surface area contributed by atoms with Gasteiger partial charge < -0.3 is 16.0 Å². The Bertz CT molecular complexity index is 408. The van der Waals surface area contributed by atoms with Gasteiger partial charge in [-0.15, -0.1) is 0 Å². The molecule has 0 atom stereocenters. The van der Waals surface area contributed by atoms with Gasteiger partial charge in [0.05, 0.1) is 0 Å². The summed E-state index contributed by atoms with van der Waals surface area (Å²) < 4.78 is 0. The van der Waals surface area contributed by atoms with Crippen molar-refractivity contribution in [1.82, 2.24) is 20.9 Å². The van der Waals surface area contributed by atoms with E-state index in [9.17, 15) is 4.79 Å². The molecule has 26 heavy (non-hydrogen) atoms. The number of guanidine groups is 1. The van der Waals surface area contributed by atoms with E-state index in [4.69, 9.17) is 0 Å². The first-order chi connectivity index (χ1) is 12.4. The molecule has 1 amide bonds. The molecule has 0 aliphatic heterocycles. The maximum atomic E-state index is 12.1. The Morgan fingerprint density at radius 1 is 1.08 bits per heavy atom. The minimum absolute atomic E-state index is 0.0277. The largest absolute Gasteiger partial charge is 0.357 e. The van der Waals surface area contributed by atoms with Crippen LogP contribution in [-0.2, 0) is 4.79 Å². The van der Waals surface area contributed by atoms with Crippen LogP contribution in [0.25, 0.3) is 0 Å². The van der Waals surface area contributed by atoms with E-state index in [1.54, 1.807) is 0 Å². The summed E-state index contributed by atoms with van der Waals surface area (Å²) in [5, 5.41) is 9.68. The van der Waals surface area contributed by atoms with E-state index in [2.05, 4.69) is 53.5 Å². The Balaban J connectivity index is 2.34. The predicted molar refractivity (Wildman–Crippen MR) is 111 cm³/mol. The van der Waals surface area contributed by atoms with Gasteiger partial charge in [0.25, 0.3) is 0 Å². The molecule has 0 aromatic rings. The van der Waals surface area contributed by atoms with Gasteiger partial charge in [0.15, 0.2) is 5.96 Å². The number of carbonyl (C=O) groups is 1. The number of nitrogens with zero attached hydrogens (tertiary/aromatic N) is 2. The van der Waals surface area contributed by atoms with Crippen molar-refractivity contribution in [3.8, 4) is 0 Å². The molecular formula is C20H41N5O. The van der Waals surface area contributed by atoms with Crippen molar-refractivity contribution in [3.63, 3.8) is 0 Å². The number of amides is 1. The Morgan fingerprint density at radius 3 is 2.31 bits per heavy atom. The van der Waals surface area contributed by atoms with Crippen molar-refractivity contribution in [3.05, 3.63) is 0 Å². The summed E-state index contributed by atoms with van der Waals surface area (Å²) >= 11 is 0. The third-order valence-corrected chi connectivity index (χ3v) is 4.91. The van der Waals surface area contributed by atoms with E-state index in [0.29, 0.717) is 18.1 Å². The number of carbonyl (C=O) groups excluding carboxylic acids is 1. The normalized spacial score (nSPS) is 16.4. The van der Waals surface area contributed by atoms with Gasteiger partial charge in [-0.3, -0.25) is 9.69 Å². The molecule has 0 bridgehead atoms. The van der Waals surface area contributed by atoms with Gasteiger partial charge >= 0.3 is 0 Å². The van der Waals surface area contributed by atoms with Crippen LogP contribution in [-0.4, -0.2) is 61.1 Å². The molecule has 0 aromatic heterocycles. The van der Waals surface area contributed by atoms with Crippen LogP contribution in [0.1, 0.15) is 73.1 Å². The van der Waals surface area contributed by atoms with Crippen molar-refractivity contribution in [2.75, 3.05) is 26.2 Å². The third kappa shape index (κ3) is 9.41. The summed E-state index contributed by atoms with van der Waals surface area (Å²) in [4.78, 5) is 19.0. The van der Waals surface area contributed by atoms with Crippen LogP contribution in [0.5, 0.6) is 0 Å². The summed E-state index contributed by atoms with van der Waals surface area (Å²) in [6, 6.07) is 1.46. The van der Waals surface area contributed by atoms with E-state index < -0.39 is 0 Å². The Hall–Kier alpha value is -1.30. The van der Waals surface area contributed by atoms with Crippen molar-refractivity contribution in [2.45, 2.75) is 91.3 Å². The highest BCUT2D eigenvalue weighted by Crippen LogP contribution is 2.17. The fraction of sp³-hybridized carbons (Fsp3) is 0.900. The summed E-state index contributed by atoms with van der Waals surface area (Å²) in [5.41, 5.74) is 0. The van der Waals surface area contributed by atoms with Crippen LogP contribution in [0, 0.1) is 0 Å². The Kier molecular flexibility index (Phi) is 11.3. The summed E-state index contributed by atoms with van der Waals surface area (Å²) in [6.07, 6.45) is 7.01. The second-order valence-corrected chi connectivity index (χ2v) is 7.80. The lowest BCUT2D eigenvalue weighted by Gasteiger charge is -2.30. The van der Waals surface area contributed by atoms with Gasteiger partial charge in [-0.25, -0.2) is 4.99 Å². The zero-order valence-electron chi connectivity index (χ0n) is 17.6. The van der Waals surface area contributed by atoms with Gasteiger partial charge in [-0.1, -0.05) is 19.3 Å². The first-order valence-electron chi connectivity index (χ1n) is 10.5. The van der Waals surface area contributed by atoms with E-state index in [1.165, 1.54) is 19.3 Å². The highest BCUT2D eigenvalue weighted by Gasteiger charge is 2.15. The average Bonchev–Trinajstić information content (AvgIpc) is 2.59. The molecule has 1 aliphatic rings. The molecule has 0 saturated heterocycles. The Morgan fingerprint density at radius 2 is 1.73 bits per heavy atom. The number of hydrogen-bond acceptors (Lipinski definition) is 3. The molecule has 152 valence electrons. The molecule has 3 N–H and O–H groups in total. The summed E-state index contributed by atoms with van der Waals surface area (Å²) in [7, 11) is 0. The lowest BCUT2D eigenvalue weighted by molar-refractivity contribution is -0.120. The topological polar surface area (TPSA) is 68.8 Å². The van der Waals surface area contributed by atoms with Crippen LogP contribution in [0.4, 0.5) is 0 Å². The fourth-order valence-electron chi connectivity index (χ4n) is 3.59. The van der Waals surface area contributed by atoms with Gasteiger partial charge in [0.1, 0.15) is 6.54 Å². The molecule has 0 unspecified atom stereocenters. The lowest BCUT2D eigenvalue weighted by Crippen LogP contribution is -2.42. The van der Waals surface area contributed by atoms with Gasteiger partial charge in [0, 0.05) is 37.8 Å². The fourth-order valence-corrected chi connectivity index (χ4v) is 3.59. The molecular weight excluding hydrogens is 326 g/mol. The molecule has 1 aliphatic carbocycles. The van der Waals surface area contributed by atoms with Crippen LogP contribution in [0.15, 0.2) is 4.99 Å². The van der Waals surface area contributed by atoms with Gasteiger partial charge in [-0.05, 0) is 53.9 Å². The van der Waals surface area contributed by atoms with E-state index in [1.807, 2.05) is 6.92 Å². The first-order valence-corrected chi connectivity index (χ1v) is 10.5. The maximum absolute atomic E-state index is 12.1. The first kappa shape index (κ1) is 22.7. The summed E-state index contributed by atoms with van der Waals surface area (Å²) in [5.74, 6) is 0.756. The van der Waals surface area contributed by atoms with Crippen molar-refractivity contribution in [1.29, 1.82) is 0 Å². The Labute approximate surface area is 160 Å². The van der Waals surface area contributed by atoms with Gasteiger partial charge in [0.2, 0.25) is 5.91 Å². The molecule has 0 radical (unpaired) electrons. The van der Waals surface area contributed by atoms with E-state index in [-0.39, 0.29) is 12.5 Å². The second-order valence-electron chi connectivity index (χ2n) is 7.80. The average molecular weight is 368 g/mol. The minimum Gasteiger partial charge on any atom is -0.357 e. The molecule has 6 nitrogen and oxygen atoms in total. The van der Waals surface area contributed by atoms with Crippen molar-refractivity contribution in [2.24, 2.45) is 4.99 Å². The standard InChI is InChI=1S/C20H41N5O/c1-6-21-20(22-13-10-14-25(16(2)3)17(4)5)23-15-19(26)24-18-11-8-7-9-12-18/h16-18H,6-15H2,1-5H3,(H,24,26)(H2,21,22,23). The van der Waals surface area contributed by atoms with E-state index >= 15 is 0 Å². The maximum Gasteiger partial charge on any atom is 0.242 e. The van der Waals surface area contributed by atoms with Crippen LogP contribution < -0.4 is 16.0 Å². The SMILES string of the molecule is CCNC(=NCC(=O)NC1CCCCC1)NCCCN(C(C)C)C(C)C. The third-order valence-electron chi connectivity index (χ3n) is 4.91. The summed E-state index contributed by atoms with van der Waals surface area (Å²) in [6.45, 7) is 13.9. The predicted octanol–water partition coefficient (Wildman–Crippen LogP) is 2.50. The molecule has 0 spiro atoms. The lowest BCUT2D eigenvalue weighted by atomic mass is 9.95. The smallest absolute Gasteiger partial charge is 0.242 e. The number of aliphatic imine (C=N–C) groups is 1. The van der Waals surface area contributed by atoms with Crippen molar-refractivity contribution < 1.29 is 4.79 Å². The number of nitrogens with one attached hydrogen (secondary N) is 3. The molecule has 0 aromatic carbocycles. The number of rotatable bonds is 10. The van der Waals surface area contributed by atoms with Crippen LogP contribution >= 0.6 is 0 Å². The highest BCUT2D eigenvalue weighted by molar-refractivity contribution is 5.85. The van der Waals surface area contributed by atoms with Crippen molar-refractivity contribution >= 4 is 11.9 Å². The molecule has 1 fully saturated rings. The van der Waals surface area contributed by atoms with Crippen LogP contribution in [0.2, 0.25) is 0 Å².